The van der Waals surface area contributed by atoms with Gasteiger partial charge in [-0.3, -0.25) is 4.79 Å². The van der Waals surface area contributed by atoms with E-state index in [1.54, 1.807) is 51.6 Å². The van der Waals surface area contributed by atoms with E-state index >= 15 is 0 Å². The predicted molar refractivity (Wildman–Crippen MR) is 107 cm³/mol. The van der Waals surface area contributed by atoms with Crippen LogP contribution in [0.5, 0.6) is 11.5 Å². The van der Waals surface area contributed by atoms with Crippen molar-refractivity contribution in [1.82, 2.24) is 9.47 Å². The standard InChI is InChI=1S/C22H24N2O4/c1-23(15-19(25)17-8-11-20(27-2)21(14-17)28-3)22(26)16-6-9-18(10-7-16)24-12-4-5-13-24/h4-14,19,25H,15H2,1-3H3. The molecule has 1 heterocycles. The van der Waals surface area contributed by atoms with Crippen molar-refractivity contribution in [2.45, 2.75) is 6.10 Å². The molecule has 0 fully saturated rings. The van der Waals surface area contributed by atoms with E-state index in [4.69, 9.17) is 9.47 Å². The number of hydrogen-bond donors (Lipinski definition) is 1. The molecule has 6 heteroatoms. The topological polar surface area (TPSA) is 63.9 Å². The van der Waals surface area contributed by atoms with Crippen LogP contribution in [0, 0.1) is 0 Å². The number of aliphatic hydroxyl groups is 1. The van der Waals surface area contributed by atoms with Crippen LogP contribution in [0.3, 0.4) is 0 Å². The lowest BCUT2D eigenvalue weighted by Crippen LogP contribution is -2.31. The summed E-state index contributed by atoms with van der Waals surface area (Å²) in [5.74, 6) is 0.970. The van der Waals surface area contributed by atoms with E-state index in [1.807, 2.05) is 41.2 Å². The van der Waals surface area contributed by atoms with Gasteiger partial charge in [0.05, 0.1) is 26.9 Å². The molecule has 3 aromatic rings. The predicted octanol–water partition coefficient (Wildman–Crippen LogP) is 3.30. The van der Waals surface area contributed by atoms with E-state index in [2.05, 4.69) is 0 Å². The number of benzene rings is 2. The molecule has 1 atom stereocenters. The van der Waals surface area contributed by atoms with Gasteiger partial charge in [0.1, 0.15) is 0 Å². The van der Waals surface area contributed by atoms with E-state index in [0.29, 0.717) is 22.6 Å². The molecule has 1 amide bonds. The van der Waals surface area contributed by atoms with Crippen molar-refractivity contribution in [3.63, 3.8) is 0 Å². The SMILES string of the molecule is COc1ccc(C(O)CN(C)C(=O)c2ccc(-n3cccc3)cc2)cc1OC. The molecule has 0 spiro atoms. The van der Waals surface area contributed by atoms with Gasteiger partial charge in [0, 0.05) is 30.7 Å². The third-order valence-corrected chi connectivity index (χ3v) is 4.60. The normalized spacial score (nSPS) is 11.7. The van der Waals surface area contributed by atoms with Crippen LogP contribution < -0.4 is 9.47 Å². The molecule has 0 aliphatic rings. The van der Waals surface area contributed by atoms with Gasteiger partial charge < -0.3 is 24.0 Å². The summed E-state index contributed by atoms with van der Waals surface area (Å²) in [5.41, 5.74) is 2.20. The van der Waals surface area contributed by atoms with Crippen LogP contribution in [-0.4, -0.2) is 48.3 Å². The second-order valence-corrected chi connectivity index (χ2v) is 6.45. The first-order chi connectivity index (χ1) is 13.5. The van der Waals surface area contributed by atoms with Crippen LogP contribution >= 0.6 is 0 Å². The molecule has 0 bridgehead atoms. The zero-order valence-electron chi connectivity index (χ0n) is 16.2. The molecule has 6 nitrogen and oxygen atoms in total. The van der Waals surface area contributed by atoms with Crippen LogP contribution in [0.25, 0.3) is 5.69 Å². The van der Waals surface area contributed by atoms with Gasteiger partial charge in [-0.1, -0.05) is 6.07 Å². The molecule has 0 saturated carbocycles. The number of methoxy groups -OCH3 is 2. The van der Waals surface area contributed by atoms with Crippen LogP contribution in [0.1, 0.15) is 22.0 Å². The van der Waals surface area contributed by atoms with Crippen molar-refractivity contribution in [3.05, 3.63) is 78.1 Å². The fourth-order valence-electron chi connectivity index (χ4n) is 3.01. The van der Waals surface area contributed by atoms with Gasteiger partial charge in [-0.15, -0.1) is 0 Å². The van der Waals surface area contributed by atoms with Crippen molar-refractivity contribution in [2.75, 3.05) is 27.8 Å². The molecular weight excluding hydrogens is 356 g/mol. The number of aromatic nitrogens is 1. The molecule has 1 aromatic heterocycles. The molecule has 1 N–H and O–H groups in total. The maximum Gasteiger partial charge on any atom is 0.253 e. The molecule has 28 heavy (non-hydrogen) atoms. The molecule has 0 aliphatic carbocycles. The molecule has 0 aliphatic heterocycles. The fourth-order valence-corrected chi connectivity index (χ4v) is 3.01. The summed E-state index contributed by atoms with van der Waals surface area (Å²) in [6.45, 7) is 0.160. The molecule has 0 radical (unpaired) electrons. The molecule has 2 aromatic carbocycles. The Morgan fingerprint density at radius 2 is 1.68 bits per heavy atom. The van der Waals surface area contributed by atoms with Gasteiger partial charge in [0.25, 0.3) is 5.91 Å². The number of carbonyl (C=O) groups excluding carboxylic acids is 1. The zero-order valence-corrected chi connectivity index (χ0v) is 16.2. The molecule has 0 saturated heterocycles. The lowest BCUT2D eigenvalue weighted by atomic mass is 10.1. The molecule has 3 rings (SSSR count). The quantitative estimate of drug-likeness (QED) is 0.683. The van der Waals surface area contributed by atoms with Crippen molar-refractivity contribution in [2.24, 2.45) is 0 Å². The van der Waals surface area contributed by atoms with Gasteiger partial charge in [-0.2, -0.15) is 0 Å². The van der Waals surface area contributed by atoms with Crippen molar-refractivity contribution >= 4 is 5.91 Å². The maximum atomic E-state index is 12.7. The van der Waals surface area contributed by atoms with Gasteiger partial charge in [-0.25, -0.2) is 0 Å². The average Bonchev–Trinajstić information content (AvgIpc) is 3.27. The summed E-state index contributed by atoms with van der Waals surface area (Å²) < 4.78 is 12.5. The number of carbonyl (C=O) groups is 1. The van der Waals surface area contributed by atoms with Gasteiger partial charge in [0.2, 0.25) is 0 Å². The largest absolute Gasteiger partial charge is 0.493 e. The van der Waals surface area contributed by atoms with E-state index in [0.717, 1.165) is 5.69 Å². The third-order valence-electron chi connectivity index (χ3n) is 4.60. The summed E-state index contributed by atoms with van der Waals surface area (Å²) in [6.07, 6.45) is 3.05. The Bertz CT molecular complexity index is 920. The molecule has 146 valence electrons. The lowest BCUT2D eigenvalue weighted by molar-refractivity contribution is 0.0680. The maximum absolute atomic E-state index is 12.7. The monoisotopic (exact) mass is 380 g/mol. The van der Waals surface area contributed by atoms with Crippen molar-refractivity contribution in [1.29, 1.82) is 0 Å². The lowest BCUT2D eigenvalue weighted by Gasteiger charge is -2.22. The number of hydrogen-bond acceptors (Lipinski definition) is 4. The summed E-state index contributed by atoms with van der Waals surface area (Å²) in [6, 6.07) is 16.5. The third kappa shape index (κ3) is 4.18. The van der Waals surface area contributed by atoms with Crippen LogP contribution in [0.2, 0.25) is 0 Å². The van der Waals surface area contributed by atoms with Crippen LogP contribution in [0.15, 0.2) is 67.0 Å². The minimum Gasteiger partial charge on any atom is -0.493 e. The number of rotatable bonds is 7. The number of aliphatic hydroxyl groups excluding tert-OH is 1. The van der Waals surface area contributed by atoms with Gasteiger partial charge in [-0.05, 0) is 54.1 Å². The summed E-state index contributed by atoms with van der Waals surface area (Å²) >= 11 is 0. The Morgan fingerprint density at radius 1 is 1.04 bits per heavy atom. The van der Waals surface area contributed by atoms with Gasteiger partial charge >= 0.3 is 0 Å². The number of amides is 1. The first-order valence-corrected chi connectivity index (χ1v) is 8.92. The number of likely N-dealkylation sites (N-methyl/N-ethyl adjacent to an activating group) is 1. The van der Waals surface area contributed by atoms with E-state index in [9.17, 15) is 9.90 Å². The van der Waals surface area contributed by atoms with Gasteiger partial charge in [0.15, 0.2) is 11.5 Å². The fraction of sp³-hybridized carbons (Fsp3) is 0.227. The highest BCUT2D eigenvalue weighted by atomic mass is 16.5. The summed E-state index contributed by atoms with van der Waals surface area (Å²) in [7, 11) is 4.77. The minimum absolute atomic E-state index is 0.154. The van der Waals surface area contributed by atoms with E-state index in [-0.39, 0.29) is 12.5 Å². The Kier molecular flexibility index (Phi) is 6.01. The average molecular weight is 380 g/mol. The Balaban J connectivity index is 1.68. The Labute approximate surface area is 164 Å². The Hall–Kier alpha value is -3.25. The summed E-state index contributed by atoms with van der Waals surface area (Å²) in [4.78, 5) is 14.2. The van der Waals surface area contributed by atoms with Crippen LogP contribution in [0.4, 0.5) is 0 Å². The highest BCUT2D eigenvalue weighted by Gasteiger charge is 2.18. The molecular formula is C22H24N2O4. The number of nitrogens with zero attached hydrogens (tertiary/aromatic N) is 2. The van der Waals surface area contributed by atoms with Crippen molar-refractivity contribution in [3.8, 4) is 17.2 Å². The van der Waals surface area contributed by atoms with E-state index in [1.165, 1.54) is 4.90 Å². The van der Waals surface area contributed by atoms with E-state index < -0.39 is 6.10 Å². The smallest absolute Gasteiger partial charge is 0.253 e. The zero-order chi connectivity index (χ0) is 20.1. The Morgan fingerprint density at radius 3 is 2.29 bits per heavy atom. The molecule has 1 unspecified atom stereocenters. The summed E-state index contributed by atoms with van der Waals surface area (Å²) in [5, 5.41) is 10.5. The number of ether oxygens (including phenoxy) is 2. The second kappa shape index (κ2) is 8.63. The highest BCUT2D eigenvalue weighted by Crippen LogP contribution is 2.30. The second-order valence-electron chi connectivity index (χ2n) is 6.45. The first-order valence-electron chi connectivity index (χ1n) is 8.92. The van der Waals surface area contributed by atoms with Crippen LogP contribution in [-0.2, 0) is 0 Å². The highest BCUT2D eigenvalue weighted by molar-refractivity contribution is 5.94. The first kappa shape index (κ1) is 19.5. The minimum atomic E-state index is -0.840. The van der Waals surface area contributed by atoms with Crippen molar-refractivity contribution < 1.29 is 19.4 Å².